The van der Waals surface area contributed by atoms with Crippen molar-refractivity contribution >= 4 is 34.1 Å². The Morgan fingerprint density at radius 1 is 1.19 bits per heavy atom. The number of amides is 2. The Bertz CT molecular complexity index is 1250. The van der Waals surface area contributed by atoms with Crippen LogP contribution in [0.4, 0.5) is 23.7 Å². The van der Waals surface area contributed by atoms with E-state index < -0.39 is 35.1 Å². The molecule has 2 heterocycles. The fourth-order valence-corrected chi connectivity index (χ4v) is 3.94. The van der Waals surface area contributed by atoms with Gasteiger partial charge in [-0.05, 0) is 42.6 Å². The van der Waals surface area contributed by atoms with Crippen LogP contribution in [0.5, 0.6) is 0 Å². The molecule has 0 fully saturated rings. The molecule has 0 unspecified atom stereocenters. The average molecular weight is 452 g/mol. The molecular weight excluding hydrogens is 435 g/mol. The van der Waals surface area contributed by atoms with E-state index >= 15 is 0 Å². The van der Waals surface area contributed by atoms with Crippen LogP contribution in [-0.2, 0) is 11.3 Å². The molecule has 1 aliphatic rings. The number of benzene rings is 2. The predicted molar refractivity (Wildman–Crippen MR) is 110 cm³/mol. The number of ether oxygens (including phenoxy) is 1. The number of aromatic nitrogens is 1. The molecule has 0 bridgehead atoms. The Morgan fingerprint density at radius 3 is 2.58 bits per heavy atom. The second-order valence-electron chi connectivity index (χ2n) is 7.03. The van der Waals surface area contributed by atoms with Crippen molar-refractivity contribution in [3.05, 3.63) is 74.4 Å². The minimum Gasteiger partial charge on any atom is -0.373 e. The van der Waals surface area contributed by atoms with E-state index in [2.05, 4.69) is 10.3 Å². The molecule has 1 atom stereocenters. The van der Waals surface area contributed by atoms with Crippen LogP contribution in [0.2, 0.25) is 5.02 Å². The molecule has 0 saturated heterocycles. The lowest BCUT2D eigenvalue weighted by Crippen LogP contribution is -2.42. The van der Waals surface area contributed by atoms with E-state index in [4.69, 9.17) is 16.3 Å². The molecule has 1 aliphatic heterocycles. The molecule has 162 valence electrons. The lowest BCUT2D eigenvalue weighted by molar-refractivity contribution is 0.0471. The van der Waals surface area contributed by atoms with E-state index in [1.807, 2.05) is 0 Å². The molecule has 2 N–H and O–H groups in total. The van der Waals surface area contributed by atoms with Gasteiger partial charge in [-0.25, -0.2) is 18.0 Å². The summed E-state index contributed by atoms with van der Waals surface area (Å²) >= 11 is 5.77. The lowest BCUT2D eigenvalue weighted by atomic mass is 9.95. The number of halogens is 4. The Hall–Kier alpha value is -3.04. The number of H-pyrrole nitrogens is 1. The van der Waals surface area contributed by atoms with Gasteiger partial charge in [0.05, 0.1) is 29.7 Å². The normalized spacial score (nSPS) is 15.6. The number of hydrogen-bond donors (Lipinski definition) is 2. The molecule has 3 aromatic rings. The van der Waals surface area contributed by atoms with Crippen molar-refractivity contribution in [3.8, 4) is 0 Å². The van der Waals surface area contributed by atoms with Gasteiger partial charge in [0.15, 0.2) is 11.6 Å². The van der Waals surface area contributed by atoms with Crippen molar-refractivity contribution in [1.82, 2.24) is 9.88 Å². The van der Waals surface area contributed by atoms with Gasteiger partial charge in [-0.1, -0.05) is 11.6 Å². The summed E-state index contributed by atoms with van der Waals surface area (Å²) in [5.74, 6) is -2.86. The standard InChI is InChI=1S/C21H17ClF3N3O3/c1-2-28(21(30)26-10-3-4-14(23)13(22)5-10)18-9-31-8-17-19(18)11-6-15(24)16(25)7-12(11)20(29)27-17/h3-7,18H,2,8-9H2,1H3,(H,26,30)(H,27,29)/t18-/m0/s1. The summed E-state index contributed by atoms with van der Waals surface area (Å²) in [6, 6.07) is 4.35. The number of carbonyl (C=O) groups is 1. The number of hydrogen-bond acceptors (Lipinski definition) is 3. The summed E-state index contributed by atoms with van der Waals surface area (Å²) in [7, 11) is 0. The topological polar surface area (TPSA) is 74.4 Å². The number of aromatic amines is 1. The highest BCUT2D eigenvalue weighted by Crippen LogP contribution is 2.34. The monoisotopic (exact) mass is 451 g/mol. The van der Waals surface area contributed by atoms with Gasteiger partial charge in [0, 0.05) is 23.5 Å². The quantitative estimate of drug-likeness (QED) is 0.605. The lowest BCUT2D eigenvalue weighted by Gasteiger charge is -2.35. The van der Waals surface area contributed by atoms with Crippen LogP contribution < -0.4 is 10.9 Å². The van der Waals surface area contributed by atoms with Gasteiger partial charge in [-0.2, -0.15) is 0 Å². The molecule has 0 aliphatic carbocycles. The third-order valence-corrected chi connectivity index (χ3v) is 5.48. The van der Waals surface area contributed by atoms with Crippen LogP contribution in [0.25, 0.3) is 10.8 Å². The number of pyridine rings is 1. The van der Waals surface area contributed by atoms with E-state index in [1.54, 1.807) is 6.92 Å². The number of urea groups is 1. The van der Waals surface area contributed by atoms with E-state index in [-0.39, 0.29) is 41.2 Å². The van der Waals surface area contributed by atoms with Crippen molar-refractivity contribution < 1.29 is 22.7 Å². The highest BCUT2D eigenvalue weighted by atomic mass is 35.5. The third-order valence-electron chi connectivity index (χ3n) is 5.19. The molecule has 0 radical (unpaired) electrons. The molecule has 0 saturated carbocycles. The number of fused-ring (bicyclic) bond motifs is 3. The van der Waals surface area contributed by atoms with Crippen LogP contribution in [-0.4, -0.2) is 29.1 Å². The summed E-state index contributed by atoms with van der Waals surface area (Å²) < 4.78 is 46.7. The number of rotatable bonds is 3. The van der Waals surface area contributed by atoms with Gasteiger partial charge < -0.3 is 19.9 Å². The Balaban J connectivity index is 1.77. The van der Waals surface area contributed by atoms with Gasteiger partial charge >= 0.3 is 6.03 Å². The first kappa shape index (κ1) is 21.2. The number of nitrogens with one attached hydrogen (secondary N) is 2. The maximum absolute atomic E-state index is 14.0. The summed E-state index contributed by atoms with van der Waals surface area (Å²) in [5, 5.41) is 2.69. The van der Waals surface area contributed by atoms with Gasteiger partial charge in [-0.15, -0.1) is 0 Å². The maximum atomic E-state index is 14.0. The molecule has 0 spiro atoms. The second kappa shape index (κ2) is 8.24. The molecule has 6 nitrogen and oxygen atoms in total. The smallest absolute Gasteiger partial charge is 0.322 e. The number of likely N-dealkylation sites (N-methyl/N-ethyl adjacent to an activating group) is 1. The summed E-state index contributed by atoms with van der Waals surface area (Å²) in [4.78, 5) is 29.4. The Kier molecular flexibility index (Phi) is 5.63. The molecular formula is C21H17ClF3N3O3. The Morgan fingerprint density at radius 2 is 1.90 bits per heavy atom. The van der Waals surface area contributed by atoms with E-state index in [0.717, 1.165) is 18.2 Å². The highest BCUT2D eigenvalue weighted by Gasteiger charge is 2.32. The zero-order valence-electron chi connectivity index (χ0n) is 16.3. The molecule has 4 rings (SSSR count). The number of anilines is 1. The summed E-state index contributed by atoms with van der Waals surface area (Å²) in [6.45, 7) is 2.11. The van der Waals surface area contributed by atoms with E-state index in [1.165, 1.54) is 17.0 Å². The summed E-state index contributed by atoms with van der Waals surface area (Å²) in [5.41, 5.74) is 0.571. The zero-order chi connectivity index (χ0) is 22.3. The predicted octanol–water partition coefficient (Wildman–Crippen LogP) is 4.72. The van der Waals surface area contributed by atoms with Crippen molar-refractivity contribution in [3.63, 3.8) is 0 Å². The van der Waals surface area contributed by atoms with E-state index in [0.29, 0.717) is 11.3 Å². The van der Waals surface area contributed by atoms with Crippen LogP contribution in [0.15, 0.2) is 35.1 Å². The van der Waals surface area contributed by atoms with Crippen LogP contribution in [0, 0.1) is 17.5 Å². The third kappa shape index (κ3) is 3.86. The SMILES string of the molecule is CCN(C(=O)Nc1ccc(F)c(Cl)c1)[C@H]1COCc2[nH]c(=O)c3cc(F)c(F)cc3c21. The minimum absolute atomic E-state index is 0.0219. The fourth-order valence-electron chi connectivity index (χ4n) is 3.76. The minimum atomic E-state index is -1.14. The van der Waals surface area contributed by atoms with Crippen molar-refractivity contribution in [2.45, 2.75) is 19.6 Å². The van der Waals surface area contributed by atoms with Crippen molar-refractivity contribution in [2.75, 3.05) is 18.5 Å². The van der Waals surface area contributed by atoms with Gasteiger partial charge in [0.25, 0.3) is 5.56 Å². The first-order chi connectivity index (χ1) is 14.8. The van der Waals surface area contributed by atoms with Gasteiger partial charge in [0.1, 0.15) is 5.82 Å². The molecule has 1 aromatic heterocycles. The first-order valence-corrected chi connectivity index (χ1v) is 9.82. The molecule has 2 aromatic carbocycles. The maximum Gasteiger partial charge on any atom is 0.322 e. The van der Waals surface area contributed by atoms with Crippen LogP contribution >= 0.6 is 11.6 Å². The summed E-state index contributed by atoms with van der Waals surface area (Å²) in [6.07, 6.45) is 0. The Labute approximate surface area is 179 Å². The fraction of sp³-hybridized carbons (Fsp3) is 0.238. The van der Waals surface area contributed by atoms with Crippen molar-refractivity contribution in [1.29, 1.82) is 0 Å². The van der Waals surface area contributed by atoms with Gasteiger partial charge in [-0.3, -0.25) is 4.79 Å². The molecule has 31 heavy (non-hydrogen) atoms. The molecule has 2 amide bonds. The zero-order valence-corrected chi connectivity index (χ0v) is 17.0. The first-order valence-electron chi connectivity index (χ1n) is 9.44. The number of nitrogens with zero attached hydrogens (tertiary/aromatic N) is 1. The number of carbonyl (C=O) groups excluding carboxylic acids is 1. The average Bonchev–Trinajstić information content (AvgIpc) is 2.73. The van der Waals surface area contributed by atoms with Crippen LogP contribution in [0.3, 0.4) is 0 Å². The highest BCUT2D eigenvalue weighted by molar-refractivity contribution is 6.31. The molecule has 10 heteroatoms. The second-order valence-corrected chi connectivity index (χ2v) is 7.44. The van der Waals surface area contributed by atoms with Gasteiger partial charge in [0.2, 0.25) is 0 Å². The van der Waals surface area contributed by atoms with Crippen molar-refractivity contribution in [2.24, 2.45) is 0 Å². The largest absolute Gasteiger partial charge is 0.373 e. The van der Waals surface area contributed by atoms with Crippen LogP contribution in [0.1, 0.15) is 24.2 Å². The van der Waals surface area contributed by atoms with E-state index in [9.17, 15) is 22.8 Å².